The fraction of sp³-hybridized carbons (Fsp3) is 0.125. The summed E-state index contributed by atoms with van der Waals surface area (Å²) in [6.07, 6.45) is 0. The van der Waals surface area contributed by atoms with Gasteiger partial charge in [0, 0.05) is 10.8 Å². The lowest BCUT2D eigenvalue weighted by atomic mass is 10.0. The summed E-state index contributed by atoms with van der Waals surface area (Å²) in [5, 5.41) is 2.72. The van der Waals surface area contributed by atoms with E-state index in [-0.39, 0.29) is 11.1 Å². The molecule has 19 heavy (non-hydrogen) atoms. The molecule has 0 saturated carbocycles. The van der Waals surface area contributed by atoms with Crippen molar-refractivity contribution >= 4 is 21.5 Å². The third-order valence-electron chi connectivity index (χ3n) is 3.36. The van der Waals surface area contributed by atoms with Crippen LogP contribution >= 0.6 is 0 Å². The molecule has 0 atom stereocenters. The van der Waals surface area contributed by atoms with Crippen LogP contribution in [0.25, 0.3) is 21.5 Å². The van der Waals surface area contributed by atoms with E-state index >= 15 is 0 Å². The van der Waals surface area contributed by atoms with Crippen molar-refractivity contribution < 1.29 is 0 Å². The van der Waals surface area contributed by atoms with Gasteiger partial charge >= 0.3 is 0 Å². The summed E-state index contributed by atoms with van der Waals surface area (Å²) in [4.78, 5) is 26.6. The maximum atomic E-state index is 12.1. The standard InChI is InChI=1S/C16H13NO2/c1-9-3-5-11-12-6-4-10(2)8-14(12)16(19)17-15(18)13(11)7-9/h3-8H,1-2H3,(H,17,18,19). The summed E-state index contributed by atoms with van der Waals surface area (Å²) in [7, 11) is 0. The SMILES string of the molecule is Cc1ccc2c(c1)c(=O)[nH]c(=O)c1cc(C)ccc12. The smallest absolute Gasteiger partial charge is 0.258 e. The van der Waals surface area contributed by atoms with E-state index in [1.165, 1.54) is 0 Å². The average molecular weight is 251 g/mol. The highest BCUT2D eigenvalue weighted by Gasteiger charge is 2.06. The Hall–Kier alpha value is -2.42. The third kappa shape index (κ3) is 1.83. The van der Waals surface area contributed by atoms with Crippen molar-refractivity contribution in [2.24, 2.45) is 0 Å². The molecular weight excluding hydrogens is 238 g/mol. The summed E-state index contributed by atoms with van der Waals surface area (Å²) in [6.45, 7) is 3.85. The van der Waals surface area contributed by atoms with E-state index in [9.17, 15) is 9.59 Å². The summed E-state index contributed by atoms with van der Waals surface area (Å²) in [5.74, 6) is 0. The molecule has 2 aromatic carbocycles. The third-order valence-corrected chi connectivity index (χ3v) is 3.36. The van der Waals surface area contributed by atoms with Gasteiger partial charge in [-0.25, -0.2) is 0 Å². The van der Waals surface area contributed by atoms with Gasteiger partial charge in [-0.2, -0.15) is 0 Å². The first-order chi connectivity index (χ1) is 9.06. The Morgan fingerprint density at radius 1 is 0.684 bits per heavy atom. The van der Waals surface area contributed by atoms with Crippen LogP contribution in [-0.4, -0.2) is 4.98 Å². The minimum atomic E-state index is -0.336. The molecule has 0 spiro atoms. The Kier molecular flexibility index (Phi) is 2.49. The molecule has 0 aliphatic rings. The Morgan fingerprint density at radius 2 is 1.11 bits per heavy atom. The van der Waals surface area contributed by atoms with Gasteiger partial charge in [0.15, 0.2) is 0 Å². The van der Waals surface area contributed by atoms with Gasteiger partial charge < -0.3 is 0 Å². The average Bonchev–Trinajstić information content (AvgIpc) is 2.47. The zero-order valence-electron chi connectivity index (χ0n) is 10.8. The second-order valence-electron chi connectivity index (χ2n) is 4.88. The second kappa shape index (κ2) is 4.05. The number of aryl methyl sites for hydroxylation is 2. The van der Waals surface area contributed by atoms with Crippen molar-refractivity contribution in [1.29, 1.82) is 0 Å². The van der Waals surface area contributed by atoms with Crippen molar-refractivity contribution in [2.45, 2.75) is 13.8 Å². The first kappa shape index (κ1) is 11.7. The fourth-order valence-electron chi connectivity index (χ4n) is 2.40. The van der Waals surface area contributed by atoms with Crippen LogP contribution in [0.2, 0.25) is 0 Å². The molecule has 3 aromatic rings. The highest BCUT2D eigenvalue weighted by molar-refractivity contribution is 6.05. The first-order valence-corrected chi connectivity index (χ1v) is 6.13. The molecule has 3 nitrogen and oxygen atoms in total. The van der Waals surface area contributed by atoms with Gasteiger partial charge in [-0.3, -0.25) is 14.6 Å². The number of aromatic nitrogens is 1. The van der Waals surface area contributed by atoms with Crippen LogP contribution in [0.5, 0.6) is 0 Å². The summed E-state index contributed by atoms with van der Waals surface area (Å²) >= 11 is 0. The molecule has 0 radical (unpaired) electrons. The van der Waals surface area contributed by atoms with Crippen molar-refractivity contribution in [3.8, 4) is 0 Å². The number of H-pyrrole nitrogens is 1. The normalized spacial score (nSPS) is 11.1. The molecule has 3 heteroatoms. The van der Waals surface area contributed by atoms with Crippen LogP contribution in [0.1, 0.15) is 11.1 Å². The van der Waals surface area contributed by atoms with Crippen molar-refractivity contribution in [3.63, 3.8) is 0 Å². The number of aromatic amines is 1. The monoisotopic (exact) mass is 251 g/mol. The molecule has 1 heterocycles. The highest BCUT2D eigenvalue weighted by atomic mass is 16.2. The molecule has 3 rings (SSSR count). The van der Waals surface area contributed by atoms with E-state index < -0.39 is 0 Å². The van der Waals surface area contributed by atoms with E-state index in [1.54, 1.807) is 0 Å². The quantitative estimate of drug-likeness (QED) is 0.667. The fourth-order valence-corrected chi connectivity index (χ4v) is 2.40. The maximum absolute atomic E-state index is 12.1. The molecule has 0 unspecified atom stereocenters. The molecule has 0 saturated heterocycles. The summed E-state index contributed by atoms with van der Waals surface area (Å²) in [5.41, 5.74) is 1.32. The molecule has 94 valence electrons. The Morgan fingerprint density at radius 3 is 1.53 bits per heavy atom. The van der Waals surface area contributed by atoms with Crippen molar-refractivity contribution in [1.82, 2.24) is 4.98 Å². The van der Waals surface area contributed by atoms with Gasteiger partial charge in [0.05, 0.1) is 0 Å². The number of benzene rings is 2. The topological polar surface area (TPSA) is 49.9 Å². The predicted octanol–water partition coefficient (Wildman–Crippen LogP) is 2.66. The summed E-state index contributed by atoms with van der Waals surface area (Å²) < 4.78 is 0. The van der Waals surface area contributed by atoms with Crippen LogP contribution in [0.3, 0.4) is 0 Å². The van der Waals surface area contributed by atoms with Crippen LogP contribution in [0.15, 0.2) is 46.0 Å². The van der Waals surface area contributed by atoms with E-state index in [1.807, 2.05) is 50.2 Å². The van der Waals surface area contributed by atoms with Crippen LogP contribution in [0.4, 0.5) is 0 Å². The lowest BCUT2D eigenvalue weighted by Crippen LogP contribution is -2.13. The number of nitrogens with one attached hydrogen (secondary N) is 1. The zero-order chi connectivity index (χ0) is 13.6. The van der Waals surface area contributed by atoms with Crippen LogP contribution in [-0.2, 0) is 0 Å². The molecular formula is C16H13NO2. The lowest BCUT2D eigenvalue weighted by molar-refractivity contribution is 1.23. The van der Waals surface area contributed by atoms with Crippen molar-refractivity contribution in [3.05, 3.63) is 68.2 Å². The van der Waals surface area contributed by atoms with Crippen LogP contribution < -0.4 is 11.1 Å². The first-order valence-electron chi connectivity index (χ1n) is 6.13. The Labute approximate surface area is 109 Å². The Balaban J connectivity index is 2.75. The lowest BCUT2D eigenvalue weighted by Gasteiger charge is -1.99. The predicted molar refractivity (Wildman–Crippen MR) is 77.8 cm³/mol. The number of hydrogen-bond donors (Lipinski definition) is 1. The minimum absolute atomic E-state index is 0.336. The minimum Gasteiger partial charge on any atom is -0.288 e. The number of hydrogen-bond acceptors (Lipinski definition) is 2. The van der Waals surface area contributed by atoms with Gasteiger partial charge in [0.2, 0.25) is 0 Å². The molecule has 0 fully saturated rings. The van der Waals surface area contributed by atoms with E-state index in [4.69, 9.17) is 0 Å². The van der Waals surface area contributed by atoms with Crippen molar-refractivity contribution in [2.75, 3.05) is 0 Å². The molecule has 0 aliphatic heterocycles. The number of fused-ring (bicyclic) bond motifs is 3. The van der Waals surface area contributed by atoms with Gasteiger partial charge in [0.1, 0.15) is 0 Å². The van der Waals surface area contributed by atoms with Gasteiger partial charge in [0.25, 0.3) is 11.1 Å². The van der Waals surface area contributed by atoms with E-state index in [0.29, 0.717) is 10.8 Å². The van der Waals surface area contributed by atoms with Gasteiger partial charge in [-0.05, 0) is 36.8 Å². The second-order valence-corrected chi connectivity index (χ2v) is 4.88. The maximum Gasteiger partial charge on any atom is 0.258 e. The molecule has 1 N–H and O–H groups in total. The van der Waals surface area contributed by atoms with E-state index in [0.717, 1.165) is 21.9 Å². The zero-order valence-corrected chi connectivity index (χ0v) is 10.8. The molecule has 1 aromatic heterocycles. The molecule has 0 bridgehead atoms. The van der Waals surface area contributed by atoms with Gasteiger partial charge in [-0.15, -0.1) is 0 Å². The summed E-state index contributed by atoms with van der Waals surface area (Å²) in [6, 6.07) is 11.3. The largest absolute Gasteiger partial charge is 0.288 e. The van der Waals surface area contributed by atoms with Gasteiger partial charge in [-0.1, -0.05) is 35.4 Å². The van der Waals surface area contributed by atoms with E-state index in [2.05, 4.69) is 4.98 Å². The highest BCUT2D eigenvalue weighted by Crippen LogP contribution is 2.21. The molecule has 0 amide bonds. The number of rotatable bonds is 0. The van der Waals surface area contributed by atoms with Crippen LogP contribution in [0, 0.1) is 13.8 Å². The Bertz CT molecular complexity index is 848. The molecule has 0 aliphatic carbocycles.